The Morgan fingerprint density at radius 1 is 1.23 bits per heavy atom. The van der Waals surface area contributed by atoms with Gasteiger partial charge < -0.3 is 10.4 Å². The van der Waals surface area contributed by atoms with Crippen molar-refractivity contribution in [3.8, 4) is 0 Å². The molecule has 0 saturated carbocycles. The number of aliphatic imine (C=N–C) groups is 1. The van der Waals surface area contributed by atoms with E-state index in [9.17, 15) is 19.2 Å². The fraction of sp³-hybridized carbons (Fsp3) is 0.250. The highest BCUT2D eigenvalue weighted by Gasteiger charge is 2.06. The zero-order valence-electron chi connectivity index (χ0n) is 14.7. The number of aryl methyl sites for hydroxylation is 2. The van der Waals surface area contributed by atoms with Crippen LogP contribution in [0.25, 0.3) is 0 Å². The van der Waals surface area contributed by atoms with Crippen LogP contribution in [0, 0.1) is 13.8 Å². The number of carbonyl (C=O) groups excluding carboxylic acids is 2. The molecule has 2 aromatic rings. The maximum Gasteiger partial charge on any atom is 0.340 e. The zero-order chi connectivity index (χ0) is 19.9. The van der Waals surface area contributed by atoms with E-state index in [-0.39, 0.29) is 17.1 Å². The summed E-state index contributed by atoms with van der Waals surface area (Å²) in [6.07, 6.45) is 4.47. The summed E-state index contributed by atoms with van der Waals surface area (Å²) in [5, 5.41) is 9.92. The van der Waals surface area contributed by atoms with E-state index in [1.54, 1.807) is 13.0 Å². The van der Waals surface area contributed by atoms with Gasteiger partial charge in [-0.05, 0) is 13.8 Å². The van der Waals surface area contributed by atoms with Crippen molar-refractivity contribution in [2.24, 2.45) is 4.99 Å². The lowest BCUT2D eigenvalue weighted by atomic mass is 10.5. The first kappa shape index (κ1) is 22.4. The van der Waals surface area contributed by atoms with Crippen molar-refractivity contribution in [3.63, 3.8) is 0 Å². The average Bonchev–Trinajstić information content (AvgIpc) is 3.15. The van der Waals surface area contributed by atoms with Gasteiger partial charge in [0.15, 0.2) is 0 Å². The molecule has 140 valence electrons. The van der Waals surface area contributed by atoms with Crippen molar-refractivity contribution in [3.05, 3.63) is 69.5 Å². The lowest BCUT2D eigenvalue weighted by molar-refractivity contribution is 0.240. The smallest absolute Gasteiger partial charge is 0.333 e. The maximum atomic E-state index is 11.3. The summed E-state index contributed by atoms with van der Waals surface area (Å²) in [6, 6.07) is 2.49. The van der Waals surface area contributed by atoms with E-state index in [2.05, 4.69) is 38.8 Å². The third-order valence-electron chi connectivity index (χ3n) is 2.53. The van der Waals surface area contributed by atoms with Crippen molar-refractivity contribution < 1.29 is 9.59 Å². The molecule has 0 radical (unpaired) electrons. The molecule has 0 spiro atoms. The van der Waals surface area contributed by atoms with Gasteiger partial charge in [0.25, 0.3) is 11.1 Å². The van der Waals surface area contributed by atoms with Crippen LogP contribution in [0.3, 0.4) is 0 Å². The fourth-order valence-electron chi connectivity index (χ4n) is 1.47. The summed E-state index contributed by atoms with van der Waals surface area (Å²) in [5.41, 5.74) is 1.08. The molecule has 26 heavy (non-hydrogen) atoms. The van der Waals surface area contributed by atoms with E-state index in [1.165, 1.54) is 24.3 Å². The number of aromatic amines is 3. The van der Waals surface area contributed by atoms with Crippen molar-refractivity contribution >= 4 is 12.1 Å². The summed E-state index contributed by atoms with van der Waals surface area (Å²) in [5.74, 6) is 0. The van der Waals surface area contributed by atoms with E-state index < -0.39 is 0 Å². The Balaban J connectivity index is 0.000000405. The van der Waals surface area contributed by atoms with Gasteiger partial charge in [-0.3, -0.25) is 19.8 Å². The second kappa shape index (κ2) is 12.7. The number of nitrogens with one attached hydrogen (secondary N) is 4. The minimum Gasteiger partial charge on any atom is -0.333 e. The van der Waals surface area contributed by atoms with Crippen LogP contribution in [0.4, 0.5) is 4.79 Å². The molecule has 0 atom stereocenters. The Hall–Kier alpha value is -3.65. The van der Waals surface area contributed by atoms with Crippen molar-refractivity contribution in [1.29, 1.82) is 0 Å². The highest BCUT2D eigenvalue weighted by Crippen LogP contribution is 1.89. The van der Waals surface area contributed by atoms with Crippen LogP contribution in [-0.4, -0.2) is 45.2 Å². The Morgan fingerprint density at radius 3 is 2.23 bits per heavy atom. The molecule has 0 aliphatic rings. The molecule has 0 aliphatic carbocycles. The first-order valence-corrected chi connectivity index (χ1v) is 7.42. The SMILES string of the molecule is C=CCN=C=O.C=CCNC(=O)n1[nH]c(=O)cc1C.Cc1cc(=O)[nH][nH]1. The van der Waals surface area contributed by atoms with Crippen LogP contribution in [0.2, 0.25) is 0 Å². The molecule has 0 fully saturated rings. The number of hydrogen-bond acceptors (Lipinski definition) is 5. The molecular formula is C16H22N6O4. The van der Waals surface area contributed by atoms with E-state index in [4.69, 9.17) is 0 Å². The van der Waals surface area contributed by atoms with Crippen LogP contribution in [-0.2, 0) is 4.79 Å². The Kier molecular flexibility index (Phi) is 10.9. The summed E-state index contributed by atoms with van der Waals surface area (Å²) in [4.78, 5) is 44.7. The molecule has 2 rings (SSSR count). The van der Waals surface area contributed by atoms with Gasteiger partial charge in [0.1, 0.15) is 0 Å². The molecule has 2 aromatic heterocycles. The van der Waals surface area contributed by atoms with Gasteiger partial charge in [-0.1, -0.05) is 12.2 Å². The Bertz CT molecular complexity index is 864. The zero-order valence-corrected chi connectivity index (χ0v) is 14.7. The molecule has 0 aliphatic heterocycles. The van der Waals surface area contributed by atoms with E-state index in [0.29, 0.717) is 18.8 Å². The minimum atomic E-state index is -0.362. The lowest BCUT2D eigenvalue weighted by Crippen LogP contribution is -2.30. The van der Waals surface area contributed by atoms with Crippen LogP contribution in [0.15, 0.2) is 52.0 Å². The van der Waals surface area contributed by atoms with Crippen molar-refractivity contribution in [1.82, 2.24) is 25.3 Å². The third-order valence-corrected chi connectivity index (χ3v) is 2.53. The van der Waals surface area contributed by atoms with Crippen LogP contribution < -0.4 is 16.4 Å². The normalized spacial score (nSPS) is 8.69. The first-order chi connectivity index (χ1) is 12.3. The highest BCUT2D eigenvalue weighted by atomic mass is 16.2. The largest absolute Gasteiger partial charge is 0.340 e. The monoisotopic (exact) mass is 362 g/mol. The van der Waals surface area contributed by atoms with Gasteiger partial charge in [0.2, 0.25) is 6.08 Å². The Morgan fingerprint density at radius 2 is 1.92 bits per heavy atom. The molecule has 0 unspecified atom stereocenters. The quantitative estimate of drug-likeness (QED) is 0.361. The van der Waals surface area contributed by atoms with E-state index >= 15 is 0 Å². The van der Waals surface area contributed by atoms with Gasteiger partial charge in [-0.15, -0.1) is 13.2 Å². The maximum absolute atomic E-state index is 11.3. The van der Waals surface area contributed by atoms with Gasteiger partial charge in [-0.25, -0.2) is 19.3 Å². The molecule has 0 saturated heterocycles. The molecule has 1 amide bonds. The number of carbonyl (C=O) groups is 1. The molecule has 2 heterocycles. The second-order valence-electron chi connectivity index (χ2n) is 4.73. The standard InChI is InChI=1S/C8H11N3O2.C4H6N2O.C4H5NO/c1-3-4-9-8(13)11-6(2)5-7(12)10-11;1-3-2-4(7)6-5-3;1-2-3-5-4-6/h3,5H,1,4H2,2H3,(H,9,13)(H,10,12);2H,1H3,(H2,5,6,7);2H,1,3H2. The summed E-state index contributed by atoms with van der Waals surface area (Å²) >= 11 is 0. The molecular weight excluding hydrogens is 340 g/mol. The first-order valence-electron chi connectivity index (χ1n) is 7.42. The molecule has 10 heteroatoms. The summed E-state index contributed by atoms with van der Waals surface area (Å²) < 4.78 is 1.16. The number of nitrogens with zero attached hydrogens (tertiary/aromatic N) is 2. The third kappa shape index (κ3) is 9.48. The van der Waals surface area contributed by atoms with Gasteiger partial charge in [0, 0.05) is 30.1 Å². The van der Waals surface area contributed by atoms with E-state index in [0.717, 1.165) is 10.4 Å². The van der Waals surface area contributed by atoms with E-state index in [1.807, 2.05) is 6.92 Å². The predicted octanol–water partition coefficient (Wildman–Crippen LogP) is 0.748. The predicted molar refractivity (Wildman–Crippen MR) is 98.1 cm³/mol. The molecule has 0 bridgehead atoms. The van der Waals surface area contributed by atoms with Crippen LogP contribution in [0.1, 0.15) is 11.4 Å². The van der Waals surface area contributed by atoms with Crippen LogP contribution >= 0.6 is 0 Å². The minimum absolute atomic E-state index is 0.0718. The van der Waals surface area contributed by atoms with Gasteiger partial charge in [0.05, 0.1) is 6.54 Å². The van der Waals surface area contributed by atoms with Crippen molar-refractivity contribution in [2.45, 2.75) is 13.8 Å². The van der Waals surface area contributed by atoms with Gasteiger partial charge >= 0.3 is 6.03 Å². The summed E-state index contributed by atoms with van der Waals surface area (Å²) in [6.45, 7) is 11.0. The number of isocyanates is 1. The number of aromatic nitrogens is 4. The van der Waals surface area contributed by atoms with Crippen molar-refractivity contribution in [2.75, 3.05) is 13.1 Å². The molecule has 0 aromatic carbocycles. The molecule has 4 N–H and O–H groups in total. The topological polar surface area (TPSA) is 145 Å². The van der Waals surface area contributed by atoms with Gasteiger partial charge in [-0.2, -0.15) is 0 Å². The highest BCUT2D eigenvalue weighted by molar-refractivity contribution is 5.76. The second-order valence-corrected chi connectivity index (χ2v) is 4.73. The number of hydrogen-bond donors (Lipinski definition) is 4. The molecule has 10 nitrogen and oxygen atoms in total. The Labute approximate surface area is 149 Å². The average molecular weight is 362 g/mol. The van der Waals surface area contributed by atoms with Crippen LogP contribution in [0.5, 0.6) is 0 Å². The summed E-state index contributed by atoms with van der Waals surface area (Å²) in [7, 11) is 0. The number of amides is 1. The fourth-order valence-corrected chi connectivity index (χ4v) is 1.47. The number of rotatable bonds is 4. The lowest BCUT2D eigenvalue weighted by Gasteiger charge is -2.03. The number of H-pyrrole nitrogens is 3.